The van der Waals surface area contributed by atoms with Gasteiger partial charge in [0, 0.05) is 39.2 Å². The van der Waals surface area contributed by atoms with Gasteiger partial charge in [0.15, 0.2) is 0 Å². The molecular formula is C16H23FN2O2. The third-order valence-electron chi connectivity index (χ3n) is 3.32. The number of amides is 2. The fourth-order valence-electron chi connectivity index (χ4n) is 2.03. The quantitative estimate of drug-likeness (QED) is 0.776. The summed E-state index contributed by atoms with van der Waals surface area (Å²) in [6.45, 7) is 4.46. The summed E-state index contributed by atoms with van der Waals surface area (Å²) in [6, 6.07) is 5.84. The zero-order valence-electron chi connectivity index (χ0n) is 12.9. The molecule has 0 heterocycles. The first-order valence-corrected chi connectivity index (χ1v) is 7.23. The smallest absolute Gasteiger partial charge is 0.224 e. The van der Waals surface area contributed by atoms with Gasteiger partial charge in [-0.15, -0.1) is 0 Å². The average Bonchev–Trinajstić information content (AvgIpc) is 2.44. The predicted molar refractivity (Wildman–Crippen MR) is 81.6 cm³/mol. The van der Waals surface area contributed by atoms with Crippen LogP contribution < -0.4 is 4.90 Å². The SMILES string of the molecule is CCCCN(C)C(=O)CCN(C(C)=O)c1cccc(F)c1. The molecule has 0 unspecified atom stereocenters. The Labute approximate surface area is 125 Å². The molecule has 0 aliphatic heterocycles. The molecule has 1 aromatic rings. The van der Waals surface area contributed by atoms with Crippen molar-refractivity contribution in [2.24, 2.45) is 0 Å². The summed E-state index contributed by atoms with van der Waals surface area (Å²) in [5.41, 5.74) is 0.478. The van der Waals surface area contributed by atoms with Gasteiger partial charge < -0.3 is 9.80 Å². The number of hydrogen-bond donors (Lipinski definition) is 0. The lowest BCUT2D eigenvalue weighted by Gasteiger charge is -2.23. The molecule has 0 bridgehead atoms. The first kappa shape index (κ1) is 17.1. The van der Waals surface area contributed by atoms with Crippen LogP contribution in [0.25, 0.3) is 0 Å². The van der Waals surface area contributed by atoms with E-state index < -0.39 is 5.82 Å². The third-order valence-corrected chi connectivity index (χ3v) is 3.32. The maximum absolute atomic E-state index is 13.2. The van der Waals surface area contributed by atoms with Crippen LogP contribution in [0, 0.1) is 5.82 Å². The monoisotopic (exact) mass is 294 g/mol. The maximum atomic E-state index is 13.2. The van der Waals surface area contributed by atoms with Crippen molar-refractivity contribution in [2.45, 2.75) is 33.1 Å². The highest BCUT2D eigenvalue weighted by Gasteiger charge is 2.15. The Morgan fingerprint density at radius 1 is 1.24 bits per heavy atom. The molecule has 2 amide bonds. The average molecular weight is 294 g/mol. The van der Waals surface area contributed by atoms with Crippen LogP contribution in [0.5, 0.6) is 0 Å². The van der Waals surface area contributed by atoms with Gasteiger partial charge in [-0.05, 0) is 24.6 Å². The second kappa shape index (κ2) is 8.39. The molecule has 0 radical (unpaired) electrons. The summed E-state index contributed by atoms with van der Waals surface area (Å²) in [5, 5.41) is 0. The van der Waals surface area contributed by atoms with E-state index in [9.17, 15) is 14.0 Å². The van der Waals surface area contributed by atoms with Gasteiger partial charge in [0.1, 0.15) is 5.82 Å². The molecule has 5 heteroatoms. The molecular weight excluding hydrogens is 271 g/mol. The summed E-state index contributed by atoms with van der Waals surface area (Å²) >= 11 is 0. The van der Waals surface area contributed by atoms with Crippen LogP contribution in [0.3, 0.4) is 0 Å². The number of carbonyl (C=O) groups excluding carboxylic acids is 2. The summed E-state index contributed by atoms with van der Waals surface area (Å²) in [5.74, 6) is -0.610. The van der Waals surface area contributed by atoms with E-state index in [-0.39, 0.29) is 24.8 Å². The van der Waals surface area contributed by atoms with Gasteiger partial charge in [-0.25, -0.2) is 4.39 Å². The van der Waals surface area contributed by atoms with Gasteiger partial charge in [0.05, 0.1) is 0 Å². The molecule has 0 saturated heterocycles. The van der Waals surface area contributed by atoms with Crippen molar-refractivity contribution in [3.05, 3.63) is 30.1 Å². The van der Waals surface area contributed by atoms with Crippen LogP contribution in [-0.2, 0) is 9.59 Å². The van der Waals surface area contributed by atoms with Crippen molar-refractivity contribution in [2.75, 3.05) is 25.0 Å². The Morgan fingerprint density at radius 3 is 2.52 bits per heavy atom. The van der Waals surface area contributed by atoms with Crippen molar-refractivity contribution in [3.63, 3.8) is 0 Å². The number of nitrogens with zero attached hydrogens (tertiary/aromatic N) is 2. The van der Waals surface area contributed by atoms with Crippen LogP contribution >= 0.6 is 0 Å². The van der Waals surface area contributed by atoms with E-state index in [1.165, 1.54) is 24.0 Å². The molecule has 0 aliphatic rings. The molecule has 0 aromatic heterocycles. The predicted octanol–water partition coefficient (Wildman–Crippen LogP) is 2.83. The van der Waals surface area contributed by atoms with Crippen LogP contribution in [0.15, 0.2) is 24.3 Å². The highest BCUT2D eigenvalue weighted by Crippen LogP contribution is 2.16. The van der Waals surface area contributed by atoms with Crippen LogP contribution in [-0.4, -0.2) is 36.9 Å². The van der Waals surface area contributed by atoms with E-state index in [1.807, 2.05) is 0 Å². The fraction of sp³-hybridized carbons (Fsp3) is 0.500. The molecule has 0 N–H and O–H groups in total. The number of carbonyl (C=O) groups is 2. The zero-order chi connectivity index (χ0) is 15.8. The molecule has 0 aliphatic carbocycles. The van der Waals surface area contributed by atoms with Crippen molar-refractivity contribution in [1.29, 1.82) is 0 Å². The van der Waals surface area contributed by atoms with E-state index in [1.54, 1.807) is 24.1 Å². The van der Waals surface area contributed by atoms with Crippen molar-refractivity contribution >= 4 is 17.5 Å². The van der Waals surface area contributed by atoms with E-state index in [0.29, 0.717) is 5.69 Å². The Morgan fingerprint density at radius 2 is 1.95 bits per heavy atom. The molecule has 1 rings (SSSR count). The number of unbranched alkanes of at least 4 members (excludes halogenated alkanes) is 1. The summed E-state index contributed by atoms with van der Waals surface area (Å²) in [6.07, 6.45) is 2.22. The van der Waals surface area contributed by atoms with Crippen LogP contribution in [0.2, 0.25) is 0 Å². The lowest BCUT2D eigenvalue weighted by molar-refractivity contribution is -0.129. The number of hydrogen-bond acceptors (Lipinski definition) is 2. The molecule has 0 spiro atoms. The highest BCUT2D eigenvalue weighted by molar-refractivity contribution is 5.92. The van der Waals surface area contributed by atoms with Crippen LogP contribution in [0.4, 0.5) is 10.1 Å². The Kier molecular flexibility index (Phi) is 6.85. The van der Waals surface area contributed by atoms with E-state index in [0.717, 1.165) is 19.4 Å². The Bertz CT molecular complexity index is 491. The molecule has 0 atom stereocenters. The van der Waals surface area contributed by atoms with Gasteiger partial charge in [-0.3, -0.25) is 9.59 Å². The number of halogens is 1. The van der Waals surface area contributed by atoms with Crippen LogP contribution in [0.1, 0.15) is 33.1 Å². The second-order valence-corrected chi connectivity index (χ2v) is 5.07. The van der Waals surface area contributed by atoms with E-state index in [2.05, 4.69) is 6.92 Å². The van der Waals surface area contributed by atoms with E-state index in [4.69, 9.17) is 0 Å². The highest BCUT2D eigenvalue weighted by atomic mass is 19.1. The Hall–Kier alpha value is -1.91. The zero-order valence-corrected chi connectivity index (χ0v) is 12.9. The Balaban J connectivity index is 2.64. The minimum atomic E-state index is -0.398. The van der Waals surface area contributed by atoms with Gasteiger partial charge >= 0.3 is 0 Å². The van der Waals surface area contributed by atoms with Crippen molar-refractivity contribution in [3.8, 4) is 0 Å². The number of rotatable bonds is 7. The van der Waals surface area contributed by atoms with Crippen molar-refractivity contribution in [1.82, 2.24) is 4.90 Å². The summed E-state index contributed by atoms with van der Waals surface area (Å²) in [4.78, 5) is 26.8. The molecule has 116 valence electrons. The molecule has 21 heavy (non-hydrogen) atoms. The molecule has 4 nitrogen and oxygen atoms in total. The number of benzene rings is 1. The number of anilines is 1. The first-order chi connectivity index (χ1) is 9.95. The normalized spacial score (nSPS) is 10.3. The maximum Gasteiger partial charge on any atom is 0.224 e. The van der Waals surface area contributed by atoms with Gasteiger partial charge in [-0.2, -0.15) is 0 Å². The third kappa shape index (κ3) is 5.53. The first-order valence-electron chi connectivity index (χ1n) is 7.23. The largest absolute Gasteiger partial charge is 0.346 e. The molecule has 1 aromatic carbocycles. The van der Waals surface area contributed by atoms with Gasteiger partial charge in [-0.1, -0.05) is 19.4 Å². The lowest BCUT2D eigenvalue weighted by atomic mass is 10.2. The van der Waals surface area contributed by atoms with Gasteiger partial charge in [0.25, 0.3) is 0 Å². The fourth-order valence-corrected chi connectivity index (χ4v) is 2.03. The topological polar surface area (TPSA) is 40.6 Å². The molecule has 0 saturated carbocycles. The summed E-state index contributed by atoms with van der Waals surface area (Å²) < 4.78 is 13.2. The minimum absolute atomic E-state index is 0.00824. The summed E-state index contributed by atoms with van der Waals surface area (Å²) in [7, 11) is 1.76. The van der Waals surface area contributed by atoms with Crippen molar-refractivity contribution < 1.29 is 14.0 Å². The van der Waals surface area contributed by atoms with E-state index >= 15 is 0 Å². The minimum Gasteiger partial charge on any atom is -0.346 e. The lowest BCUT2D eigenvalue weighted by Crippen LogP contribution is -2.35. The van der Waals surface area contributed by atoms with Gasteiger partial charge in [0.2, 0.25) is 11.8 Å². The second-order valence-electron chi connectivity index (χ2n) is 5.07. The molecule has 0 fully saturated rings. The standard InChI is InChI=1S/C16H23FN2O2/c1-4-5-10-18(3)16(21)9-11-19(13(2)20)15-8-6-7-14(17)12-15/h6-8,12H,4-5,9-11H2,1-3H3.